The summed E-state index contributed by atoms with van der Waals surface area (Å²) in [6.45, 7) is 3.60. The van der Waals surface area contributed by atoms with Gasteiger partial charge in [0, 0.05) is 25.0 Å². The third-order valence-electron chi connectivity index (χ3n) is 5.52. The van der Waals surface area contributed by atoms with Gasteiger partial charge in [0.1, 0.15) is 0 Å². The first-order chi connectivity index (χ1) is 11.9. The lowest BCUT2D eigenvalue weighted by molar-refractivity contribution is -0.138. The van der Waals surface area contributed by atoms with Gasteiger partial charge in [-0.15, -0.1) is 0 Å². The Morgan fingerprint density at radius 3 is 2.36 bits per heavy atom. The Labute approximate surface area is 144 Å². The van der Waals surface area contributed by atoms with Crippen molar-refractivity contribution >= 4 is 5.95 Å². The van der Waals surface area contributed by atoms with Crippen LogP contribution in [0.4, 0.5) is 19.1 Å². The maximum absolute atomic E-state index is 13.3. The molecule has 2 heterocycles. The lowest BCUT2D eigenvalue weighted by atomic mass is 9.91. The lowest BCUT2D eigenvalue weighted by Crippen LogP contribution is -2.24. The molecule has 0 radical (unpaired) electrons. The Balaban J connectivity index is 1.50. The number of benzene rings is 1. The van der Waals surface area contributed by atoms with Crippen molar-refractivity contribution < 1.29 is 13.2 Å². The van der Waals surface area contributed by atoms with Gasteiger partial charge in [-0.25, -0.2) is 9.97 Å². The molecule has 1 aliphatic heterocycles. The van der Waals surface area contributed by atoms with E-state index in [2.05, 4.69) is 14.9 Å². The molecule has 25 heavy (non-hydrogen) atoms. The summed E-state index contributed by atoms with van der Waals surface area (Å²) in [6, 6.07) is 7.90. The number of halogens is 3. The number of fused-ring (bicyclic) bond motifs is 1. The van der Waals surface area contributed by atoms with E-state index >= 15 is 0 Å². The van der Waals surface area contributed by atoms with Gasteiger partial charge >= 0.3 is 6.18 Å². The van der Waals surface area contributed by atoms with E-state index in [1.54, 1.807) is 18.3 Å². The van der Waals surface area contributed by atoms with Crippen LogP contribution in [0, 0.1) is 18.8 Å². The van der Waals surface area contributed by atoms with Gasteiger partial charge < -0.3 is 4.90 Å². The molecule has 0 N–H and O–H groups in total. The number of aryl methyl sites for hydroxylation is 1. The van der Waals surface area contributed by atoms with Crippen LogP contribution in [0.1, 0.15) is 35.6 Å². The average Bonchev–Trinajstić information content (AvgIpc) is 3.13. The summed E-state index contributed by atoms with van der Waals surface area (Å²) in [6.07, 6.45) is -0.913. The minimum absolute atomic E-state index is 0.00611. The molecule has 1 aromatic carbocycles. The molecule has 0 bridgehead atoms. The number of alkyl halides is 3. The molecule has 2 fully saturated rings. The molecular weight excluding hydrogens is 327 g/mol. The number of anilines is 1. The standard InChI is InChI=1S/C19H20F3N3/c1-12-6-7-23-18(24-12)25-10-14-8-13(9-15(14)11-25)16-4-2-3-5-17(16)19(20,21)22/h2-7,13-15H,8-11H2,1H3/t13?,14-,15+. The van der Waals surface area contributed by atoms with Gasteiger partial charge in [-0.2, -0.15) is 13.2 Å². The van der Waals surface area contributed by atoms with E-state index in [-0.39, 0.29) is 5.92 Å². The van der Waals surface area contributed by atoms with E-state index in [9.17, 15) is 13.2 Å². The predicted octanol–water partition coefficient (Wildman–Crippen LogP) is 4.43. The fourth-order valence-corrected chi connectivity index (χ4v) is 4.42. The van der Waals surface area contributed by atoms with Gasteiger partial charge in [0.25, 0.3) is 0 Å². The van der Waals surface area contributed by atoms with Crippen molar-refractivity contribution in [2.24, 2.45) is 11.8 Å². The van der Waals surface area contributed by atoms with Crippen LogP contribution in [0.3, 0.4) is 0 Å². The molecule has 1 unspecified atom stereocenters. The number of hydrogen-bond acceptors (Lipinski definition) is 3. The predicted molar refractivity (Wildman–Crippen MR) is 89.4 cm³/mol. The summed E-state index contributed by atoms with van der Waals surface area (Å²) in [5.74, 6) is 1.56. The summed E-state index contributed by atoms with van der Waals surface area (Å²) >= 11 is 0. The highest BCUT2D eigenvalue weighted by Gasteiger charge is 2.44. The van der Waals surface area contributed by atoms with Crippen LogP contribution >= 0.6 is 0 Å². The second kappa shape index (κ2) is 6.00. The zero-order chi connectivity index (χ0) is 17.6. The molecule has 6 heteroatoms. The van der Waals surface area contributed by atoms with Crippen LogP contribution in [0.2, 0.25) is 0 Å². The van der Waals surface area contributed by atoms with E-state index in [4.69, 9.17) is 0 Å². The molecule has 1 saturated heterocycles. The Bertz CT molecular complexity index is 761. The molecule has 0 amide bonds. The molecule has 1 aromatic heterocycles. The Kier molecular flexibility index (Phi) is 3.93. The molecule has 2 aromatic rings. The molecule has 4 rings (SSSR count). The van der Waals surface area contributed by atoms with Crippen LogP contribution in [-0.4, -0.2) is 23.1 Å². The van der Waals surface area contributed by atoms with Gasteiger partial charge in [0.15, 0.2) is 0 Å². The van der Waals surface area contributed by atoms with Gasteiger partial charge in [-0.3, -0.25) is 0 Å². The molecular formula is C19H20F3N3. The topological polar surface area (TPSA) is 29.0 Å². The third kappa shape index (κ3) is 3.10. The fourth-order valence-electron chi connectivity index (χ4n) is 4.42. The van der Waals surface area contributed by atoms with Crippen LogP contribution in [0.5, 0.6) is 0 Å². The Morgan fingerprint density at radius 1 is 1.04 bits per heavy atom. The van der Waals surface area contributed by atoms with Crippen LogP contribution in [0.15, 0.2) is 36.5 Å². The van der Waals surface area contributed by atoms with Gasteiger partial charge in [0.2, 0.25) is 5.95 Å². The van der Waals surface area contributed by atoms with Gasteiger partial charge in [0.05, 0.1) is 5.56 Å². The van der Waals surface area contributed by atoms with Crippen molar-refractivity contribution in [2.75, 3.05) is 18.0 Å². The molecule has 3 atom stereocenters. The number of hydrogen-bond donors (Lipinski definition) is 0. The molecule has 1 aliphatic carbocycles. The first-order valence-electron chi connectivity index (χ1n) is 8.62. The summed E-state index contributed by atoms with van der Waals surface area (Å²) in [4.78, 5) is 11.0. The smallest absolute Gasteiger partial charge is 0.340 e. The zero-order valence-corrected chi connectivity index (χ0v) is 14.0. The van der Waals surface area contributed by atoms with Crippen molar-refractivity contribution in [2.45, 2.75) is 31.9 Å². The third-order valence-corrected chi connectivity index (χ3v) is 5.52. The highest BCUT2D eigenvalue weighted by molar-refractivity contribution is 5.37. The van der Waals surface area contributed by atoms with E-state index in [0.29, 0.717) is 17.4 Å². The van der Waals surface area contributed by atoms with Crippen molar-refractivity contribution in [3.8, 4) is 0 Å². The summed E-state index contributed by atoms with van der Waals surface area (Å²) < 4.78 is 39.9. The van der Waals surface area contributed by atoms with Gasteiger partial charge in [-0.1, -0.05) is 18.2 Å². The molecule has 2 aliphatic rings. The van der Waals surface area contributed by atoms with Crippen LogP contribution < -0.4 is 4.90 Å². The maximum atomic E-state index is 13.3. The summed E-state index contributed by atoms with van der Waals surface area (Å²) in [5.41, 5.74) is 0.917. The van der Waals surface area contributed by atoms with Crippen molar-refractivity contribution in [1.82, 2.24) is 9.97 Å². The van der Waals surface area contributed by atoms with Crippen molar-refractivity contribution in [3.05, 3.63) is 53.3 Å². The highest BCUT2D eigenvalue weighted by Crippen LogP contribution is 2.49. The maximum Gasteiger partial charge on any atom is 0.416 e. The number of rotatable bonds is 2. The lowest BCUT2D eigenvalue weighted by Gasteiger charge is -2.21. The highest BCUT2D eigenvalue weighted by atomic mass is 19.4. The monoisotopic (exact) mass is 347 g/mol. The SMILES string of the molecule is Cc1ccnc(N2C[C@H]3CC(c4ccccc4C(F)(F)F)C[C@H]3C2)n1. The minimum atomic E-state index is -4.28. The Hall–Kier alpha value is -2.11. The van der Waals surface area contributed by atoms with E-state index in [1.807, 2.05) is 13.0 Å². The second-order valence-corrected chi connectivity index (χ2v) is 7.18. The number of aromatic nitrogens is 2. The summed E-state index contributed by atoms with van der Waals surface area (Å²) in [7, 11) is 0. The molecule has 1 saturated carbocycles. The normalized spacial score (nSPS) is 26.1. The van der Waals surface area contributed by atoms with E-state index in [1.165, 1.54) is 12.1 Å². The number of nitrogens with zero attached hydrogens (tertiary/aromatic N) is 3. The molecule has 132 valence electrons. The summed E-state index contributed by atoms with van der Waals surface area (Å²) in [5, 5.41) is 0. The molecule has 0 spiro atoms. The first kappa shape index (κ1) is 16.4. The largest absolute Gasteiger partial charge is 0.416 e. The average molecular weight is 347 g/mol. The first-order valence-corrected chi connectivity index (χ1v) is 8.62. The van der Waals surface area contributed by atoms with Crippen molar-refractivity contribution in [3.63, 3.8) is 0 Å². The fraction of sp³-hybridized carbons (Fsp3) is 0.474. The van der Waals surface area contributed by atoms with Crippen molar-refractivity contribution in [1.29, 1.82) is 0 Å². The van der Waals surface area contributed by atoms with E-state index < -0.39 is 11.7 Å². The van der Waals surface area contributed by atoms with Crippen LogP contribution in [-0.2, 0) is 6.18 Å². The Morgan fingerprint density at radius 2 is 1.72 bits per heavy atom. The second-order valence-electron chi connectivity index (χ2n) is 7.18. The van der Waals surface area contributed by atoms with Gasteiger partial charge in [-0.05, 0) is 55.2 Å². The van der Waals surface area contributed by atoms with Crippen LogP contribution in [0.25, 0.3) is 0 Å². The zero-order valence-electron chi connectivity index (χ0n) is 14.0. The minimum Gasteiger partial charge on any atom is -0.340 e. The van der Waals surface area contributed by atoms with E-state index in [0.717, 1.165) is 37.6 Å². The quantitative estimate of drug-likeness (QED) is 0.804. The molecule has 3 nitrogen and oxygen atoms in total.